The van der Waals surface area contributed by atoms with Crippen molar-refractivity contribution in [1.29, 1.82) is 0 Å². The lowest BCUT2D eigenvalue weighted by atomic mass is 9.42. The third-order valence-electron chi connectivity index (χ3n) is 9.79. The fourth-order valence-electron chi connectivity index (χ4n) is 8.03. The van der Waals surface area contributed by atoms with Crippen molar-refractivity contribution in [3.8, 4) is 0 Å². The molecule has 0 N–H and O–H groups in total. The summed E-state index contributed by atoms with van der Waals surface area (Å²) < 4.78 is 35.7. The molecule has 0 radical (unpaired) electrons. The van der Waals surface area contributed by atoms with Gasteiger partial charge in [0.25, 0.3) is 0 Å². The van der Waals surface area contributed by atoms with Gasteiger partial charge in [0.05, 0.1) is 18.1 Å². The number of fused-ring (bicyclic) bond motifs is 3. The van der Waals surface area contributed by atoms with E-state index in [1.807, 2.05) is 0 Å². The first kappa shape index (κ1) is 25.0. The zero-order valence-electron chi connectivity index (χ0n) is 21.4. The van der Waals surface area contributed by atoms with Crippen LogP contribution in [-0.4, -0.2) is 61.5 Å². The molecule has 2 saturated carbocycles. The second-order valence-electron chi connectivity index (χ2n) is 11.5. The van der Waals surface area contributed by atoms with E-state index in [4.69, 9.17) is 28.4 Å². The molecule has 5 aliphatic rings. The molecule has 3 heterocycles. The quantitative estimate of drug-likeness (QED) is 0.323. The maximum absolute atomic E-state index is 12.2. The summed E-state index contributed by atoms with van der Waals surface area (Å²) in [5, 5.41) is 0. The molecule has 5 fully saturated rings. The van der Waals surface area contributed by atoms with Gasteiger partial charge in [0.1, 0.15) is 18.3 Å². The summed E-state index contributed by atoms with van der Waals surface area (Å²) in [5.41, 5.74) is -1.37. The molecule has 10 unspecified atom stereocenters. The SMILES string of the molecule is CC(=O)OCC12C(OC(C)=O)CC(C)C(C)(C3CC4CC(OC(C)=O)OC4O3)C1CCCC21CO1. The summed E-state index contributed by atoms with van der Waals surface area (Å²) in [5.74, 6) is -0.640. The van der Waals surface area contributed by atoms with Gasteiger partial charge < -0.3 is 28.4 Å². The van der Waals surface area contributed by atoms with Crippen molar-refractivity contribution in [3.63, 3.8) is 0 Å². The maximum atomic E-state index is 12.2. The van der Waals surface area contributed by atoms with Crippen molar-refractivity contribution in [2.45, 2.75) is 104 Å². The van der Waals surface area contributed by atoms with Crippen molar-refractivity contribution in [2.24, 2.45) is 28.6 Å². The van der Waals surface area contributed by atoms with Gasteiger partial charge in [-0.2, -0.15) is 0 Å². The topological polar surface area (TPSA) is 110 Å². The molecule has 1 spiro atoms. The number of hydrogen-bond donors (Lipinski definition) is 0. The Morgan fingerprint density at radius 2 is 1.69 bits per heavy atom. The zero-order valence-corrected chi connectivity index (χ0v) is 21.4. The van der Waals surface area contributed by atoms with Gasteiger partial charge in [-0.25, -0.2) is 0 Å². The van der Waals surface area contributed by atoms with E-state index in [9.17, 15) is 14.4 Å². The fraction of sp³-hybridized carbons (Fsp3) is 0.885. The van der Waals surface area contributed by atoms with E-state index in [0.717, 1.165) is 25.7 Å². The minimum Gasteiger partial charge on any atom is -0.465 e. The highest BCUT2D eigenvalue weighted by Crippen LogP contribution is 2.70. The normalized spacial score (nSPS) is 48.1. The van der Waals surface area contributed by atoms with Crippen LogP contribution in [0.15, 0.2) is 0 Å². The van der Waals surface area contributed by atoms with Gasteiger partial charge in [0, 0.05) is 38.5 Å². The largest absolute Gasteiger partial charge is 0.465 e. The molecule has 2 aliphatic carbocycles. The van der Waals surface area contributed by atoms with E-state index in [2.05, 4.69) is 13.8 Å². The first-order chi connectivity index (χ1) is 16.5. The molecule has 35 heavy (non-hydrogen) atoms. The fourth-order valence-corrected chi connectivity index (χ4v) is 8.03. The molecule has 196 valence electrons. The third-order valence-corrected chi connectivity index (χ3v) is 9.79. The summed E-state index contributed by atoms with van der Waals surface area (Å²) in [6.07, 6.45) is 3.38. The van der Waals surface area contributed by atoms with E-state index < -0.39 is 29.7 Å². The summed E-state index contributed by atoms with van der Waals surface area (Å²) in [6.45, 7) is 9.47. The molecule has 3 aliphatic heterocycles. The summed E-state index contributed by atoms with van der Waals surface area (Å²) in [6, 6.07) is 0. The van der Waals surface area contributed by atoms with Gasteiger partial charge in [-0.3, -0.25) is 14.4 Å². The molecule has 0 aromatic heterocycles. The minimum absolute atomic E-state index is 0.0618. The number of epoxide rings is 1. The number of rotatable bonds is 5. The van der Waals surface area contributed by atoms with Crippen LogP contribution in [-0.2, 0) is 42.8 Å². The number of carbonyl (C=O) groups excluding carboxylic acids is 3. The van der Waals surface area contributed by atoms with Gasteiger partial charge in [-0.15, -0.1) is 0 Å². The van der Waals surface area contributed by atoms with Crippen LogP contribution in [0.25, 0.3) is 0 Å². The molecule has 0 amide bonds. The first-order valence-electron chi connectivity index (χ1n) is 12.9. The van der Waals surface area contributed by atoms with Crippen molar-refractivity contribution >= 4 is 17.9 Å². The molecule has 0 aromatic rings. The Morgan fingerprint density at radius 1 is 0.971 bits per heavy atom. The lowest BCUT2D eigenvalue weighted by molar-refractivity contribution is -0.264. The maximum Gasteiger partial charge on any atom is 0.304 e. The van der Waals surface area contributed by atoms with Gasteiger partial charge >= 0.3 is 17.9 Å². The number of hydrogen-bond acceptors (Lipinski definition) is 9. The van der Waals surface area contributed by atoms with Crippen LogP contribution < -0.4 is 0 Å². The van der Waals surface area contributed by atoms with Crippen LogP contribution >= 0.6 is 0 Å². The van der Waals surface area contributed by atoms with Crippen molar-refractivity contribution in [2.75, 3.05) is 13.2 Å². The number of carbonyl (C=O) groups is 3. The van der Waals surface area contributed by atoms with E-state index in [1.165, 1.54) is 20.8 Å². The predicted molar refractivity (Wildman–Crippen MR) is 121 cm³/mol. The van der Waals surface area contributed by atoms with Crippen molar-refractivity contribution in [1.82, 2.24) is 0 Å². The first-order valence-corrected chi connectivity index (χ1v) is 12.9. The van der Waals surface area contributed by atoms with Crippen molar-refractivity contribution in [3.05, 3.63) is 0 Å². The predicted octanol–water partition coefficient (Wildman–Crippen LogP) is 3.12. The van der Waals surface area contributed by atoms with Crippen LogP contribution in [0.5, 0.6) is 0 Å². The smallest absolute Gasteiger partial charge is 0.304 e. The molecule has 9 nitrogen and oxygen atoms in total. The summed E-state index contributed by atoms with van der Waals surface area (Å²) in [4.78, 5) is 35.6. The Kier molecular flexibility index (Phi) is 6.20. The van der Waals surface area contributed by atoms with Crippen LogP contribution in [0.1, 0.15) is 73.1 Å². The Labute approximate surface area is 206 Å². The van der Waals surface area contributed by atoms with E-state index >= 15 is 0 Å². The molecule has 0 bridgehead atoms. The molecule has 9 heteroatoms. The van der Waals surface area contributed by atoms with Gasteiger partial charge in [0.15, 0.2) is 6.29 Å². The second kappa shape index (κ2) is 8.70. The third kappa shape index (κ3) is 3.89. The zero-order chi connectivity index (χ0) is 25.2. The molecule has 0 aromatic carbocycles. The van der Waals surface area contributed by atoms with Gasteiger partial charge in [-0.1, -0.05) is 20.3 Å². The Bertz CT molecular complexity index is 870. The number of esters is 3. The minimum atomic E-state index is -0.633. The van der Waals surface area contributed by atoms with E-state index in [-0.39, 0.29) is 53.8 Å². The molecular weight excluding hydrogens is 456 g/mol. The van der Waals surface area contributed by atoms with Gasteiger partial charge in [-0.05, 0) is 37.5 Å². The Balaban J connectivity index is 1.48. The number of ether oxygens (including phenoxy) is 6. The summed E-state index contributed by atoms with van der Waals surface area (Å²) in [7, 11) is 0. The standard InChI is InChI=1S/C26H38O9/c1-14-9-21(32-16(3)28)26(13-30-15(2)27)19(7-6-8-25(26)12-31-25)24(14,5)20-10-18-11-22(33-17(4)29)35-23(18)34-20/h14,18-23H,6-13H2,1-5H3. The molecule has 5 rings (SSSR count). The molecular formula is C26H38O9. The molecule has 3 saturated heterocycles. The molecule has 10 atom stereocenters. The van der Waals surface area contributed by atoms with Crippen LogP contribution in [0.4, 0.5) is 0 Å². The van der Waals surface area contributed by atoms with Crippen LogP contribution in [0.3, 0.4) is 0 Å². The van der Waals surface area contributed by atoms with E-state index in [1.54, 1.807) is 0 Å². The Morgan fingerprint density at radius 3 is 2.29 bits per heavy atom. The highest BCUT2D eigenvalue weighted by atomic mass is 16.8. The highest BCUT2D eigenvalue weighted by Gasteiger charge is 2.76. The monoisotopic (exact) mass is 494 g/mol. The second-order valence-corrected chi connectivity index (χ2v) is 11.5. The van der Waals surface area contributed by atoms with E-state index in [0.29, 0.717) is 19.4 Å². The van der Waals surface area contributed by atoms with Crippen LogP contribution in [0, 0.1) is 28.6 Å². The van der Waals surface area contributed by atoms with Crippen LogP contribution in [0.2, 0.25) is 0 Å². The highest BCUT2D eigenvalue weighted by molar-refractivity contribution is 5.67. The summed E-state index contributed by atoms with van der Waals surface area (Å²) >= 11 is 0. The van der Waals surface area contributed by atoms with Gasteiger partial charge in [0.2, 0.25) is 6.29 Å². The average Bonchev–Trinajstić information content (AvgIpc) is 3.27. The Hall–Kier alpha value is -1.71. The average molecular weight is 495 g/mol. The van der Waals surface area contributed by atoms with Crippen molar-refractivity contribution < 1.29 is 42.8 Å². The lowest BCUT2D eigenvalue weighted by Gasteiger charge is -2.64. The lowest BCUT2D eigenvalue weighted by Crippen LogP contribution is -2.69.